The lowest BCUT2D eigenvalue weighted by Crippen LogP contribution is -2.42. The van der Waals surface area contributed by atoms with E-state index in [0.717, 1.165) is 37.4 Å². The molecule has 0 atom stereocenters. The van der Waals surface area contributed by atoms with Crippen molar-refractivity contribution in [2.75, 3.05) is 13.1 Å². The van der Waals surface area contributed by atoms with Gasteiger partial charge in [-0.1, -0.05) is 29.8 Å². The molecule has 3 nitrogen and oxygen atoms in total. The summed E-state index contributed by atoms with van der Waals surface area (Å²) < 4.78 is 5.42. The quantitative estimate of drug-likeness (QED) is 0.803. The predicted octanol–water partition coefficient (Wildman–Crippen LogP) is 4.53. The Balaban J connectivity index is 1.83. The van der Waals surface area contributed by atoms with Crippen molar-refractivity contribution in [3.8, 4) is 0 Å². The highest BCUT2D eigenvalue weighted by molar-refractivity contribution is 6.31. The normalized spacial score (nSPS) is 16.9. The van der Waals surface area contributed by atoms with Crippen molar-refractivity contribution >= 4 is 17.7 Å². The van der Waals surface area contributed by atoms with Crippen molar-refractivity contribution < 1.29 is 9.53 Å². The van der Waals surface area contributed by atoms with Crippen LogP contribution in [0.1, 0.15) is 39.2 Å². The summed E-state index contributed by atoms with van der Waals surface area (Å²) in [5.74, 6) is 0.587. The lowest BCUT2D eigenvalue weighted by atomic mass is 9.90. The first kappa shape index (κ1) is 16.2. The van der Waals surface area contributed by atoms with Gasteiger partial charge >= 0.3 is 6.09 Å². The van der Waals surface area contributed by atoms with Crippen molar-refractivity contribution in [1.82, 2.24) is 4.90 Å². The molecule has 4 heteroatoms. The minimum atomic E-state index is -0.425. The van der Waals surface area contributed by atoms with E-state index in [-0.39, 0.29) is 6.09 Å². The van der Waals surface area contributed by atoms with Gasteiger partial charge < -0.3 is 9.64 Å². The molecule has 0 unspecified atom stereocenters. The molecular formula is C17H24ClNO2. The number of likely N-dealkylation sites (tertiary alicyclic amines) is 1. The Hall–Kier alpha value is -1.22. The van der Waals surface area contributed by atoms with Gasteiger partial charge in [0.1, 0.15) is 5.60 Å². The van der Waals surface area contributed by atoms with Crippen LogP contribution in [0.15, 0.2) is 24.3 Å². The number of halogens is 1. The van der Waals surface area contributed by atoms with E-state index in [1.54, 1.807) is 0 Å². The van der Waals surface area contributed by atoms with Crippen LogP contribution >= 0.6 is 11.6 Å². The molecule has 1 aromatic rings. The van der Waals surface area contributed by atoms with E-state index in [0.29, 0.717) is 5.92 Å². The Morgan fingerprint density at radius 3 is 2.48 bits per heavy atom. The SMILES string of the molecule is CC(C)(C)OC(=O)N1CCC(Cc2ccccc2Cl)CC1. The predicted molar refractivity (Wildman–Crippen MR) is 85.7 cm³/mol. The first-order valence-electron chi connectivity index (χ1n) is 7.56. The largest absolute Gasteiger partial charge is 0.444 e. The Bertz CT molecular complexity index is 488. The summed E-state index contributed by atoms with van der Waals surface area (Å²) in [5.41, 5.74) is 0.778. The van der Waals surface area contributed by atoms with Gasteiger partial charge in [0.25, 0.3) is 0 Å². The fourth-order valence-corrected chi connectivity index (χ4v) is 2.83. The Morgan fingerprint density at radius 2 is 1.90 bits per heavy atom. The molecule has 0 N–H and O–H groups in total. The first-order valence-corrected chi connectivity index (χ1v) is 7.94. The maximum absolute atomic E-state index is 12.0. The fraction of sp³-hybridized carbons (Fsp3) is 0.588. The number of piperidine rings is 1. The maximum atomic E-state index is 12.0. The zero-order chi connectivity index (χ0) is 15.5. The molecule has 1 amide bonds. The van der Waals surface area contributed by atoms with Crippen LogP contribution in [0, 0.1) is 5.92 Å². The monoisotopic (exact) mass is 309 g/mol. The van der Waals surface area contributed by atoms with Gasteiger partial charge in [0, 0.05) is 18.1 Å². The molecule has 1 heterocycles. The molecule has 0 spiro atoms. The smallest absolute Gasteiger partial charge is 0.410 e. The molecule has 1 aliphatic rings. The number of carbonyl (C=O) groups excluding carboxylic acids is 1. The second-order valence-corrected chi connectivity index (χ2v) is 7.11. The topological polar surface area (TPSA) is 29.5 Å². The highest BCUT2D eigenvalue weighted by Gasteiger charge is 2.27. The third kappa shape index (κ3) is 4.92. The minimum Gasteiger partial charge on any atom is -0.444 e. The van der Waals surface area contributed by atoms with Gasteiger partial charge in [0.05, 0.1) is 0 Å². The highest BCUT2D eigenvalue weighted by Crippen LogP contribution is 2.26. The lowest BCUT2D eigenvalue weighted by Gasteiger charge is -2.33. The van der Waals surface area contributed by atoms with Crippen molar-refractivity contribution in [2.24, 2.45) is 5.92 Å². The van der Waals surface area contributed by atoms with Crippen molar-refractivity contribution in [3.05, 3.63) is 34.9 Å². The fourth-order valence-electron chi connectivity index (χ4n) is 2.62. The Morgan fingerprint density at radius 1 is 1.29 bits per heavy atom. The molecule has 21 heavy (non-hydrogen) atoms. The summed E-state index contributed by atoms with van der Waals surface area (Å²) in [5, 5.41) is 0.840. The molecule has 0 bridgehead atoms. The van der Waals surface area contributed by atoms with E-state index < -0.39 is 5.60 Å². The van der Waals surface area contributed by atoms with E-state index in [9.17, 15) is 4.79 Å². The molecular weight excluding hydrogens is 286 g/mol. The summed E-state index contributed by atoms with van der Waals surface area (Å²) in [6.45, 7) is 7.23. The number of carbonyl (C=O) groups is 1. The van der Waals surface area contributed by atoms with Gasteiger partial charge in [-0.25, -0.2) is 4.79 Å². The molecule has 0 aliphatic carbocycles. The summed E-state index contributed by atoms with van der Waals surface area (Å²) in [7, 11) is 0. The summed E-state index contributed by atoms with van der Waals surface area (Å²) in [4.78, 5) is 13.8. The number of rotatable bonds is 2. The van der Waals surface area contributed by atoms with Gasteiger partial charge in [-0.05, 0) is 57.6 Å². The van der Waals surface area contributed by atoms with Crippen LogP contribution in [-0.2, 0) is 11.2 Å². The van der Waals surface area contributed by atoms with Crippen molar-refractivity contribution in [3.63, 3.8) is 0 Å². The molecule has 0 aromatic heterocycles. The van der Waals surface area contributed by atoms with Crippen LogP contribution in [0.3, 0.4) is 0 Å². The number of ether oxygens (including phenoxy) is 1. The minimum absolute atomic E-state index is 0.196. The lowest BCUT2D eigenvalue weighted by molar-refractivity contribution is 0.0184. The molecule has 0 radical (unpaired) electrons. The van der Waals surface area contributed by atoms with Crippen LogP contribution in [0.5, 0.6) is 0 Å². The van der Waals surface area contributed by atoms with Crippen molar-refractivity contribution in [2.45, 2.75) is 45.6 Å². The molecule has 1 aliphatic heterocycles. The molecule has 0 saturated carbocycles. The van der Waals surface area contributed by atoms with Crippen LogP contribution in [0.2, 0.25) is 5.02 Å². The van der Waals surface area contributed by atoms with E-state index in [4.69, 9.17) is 16.3 Å². The first-order chi connectivity index (χ1) is 9.85. The van der Waals surface area contributed by atoms with Crippen LogP contribution in [0.25, 0.3) is 0 Å². The van der Waals surface area contributed by atoms with Crippen molar-refractivity contribution in [1.29, 1.82) is 0 Å². The third-order valence-electron chi connectivity index (χ3n) is 3.73. The third-order valence-corrected chi connectivity index (χ3v) is 4.10. The van der Waals surface area contributed by atoms with Crippen LogP contribution < -0.4 is 0 Å². The van der Waals surface area contributed by atoms with E-state index in [1.165, 1.54) is 5.56 Å². The van der Waals surface area contributed by atoms with E-state index in [2.05, 4.69) is 6.07 Å². The number of benzene rings is 1. The average molecular weight is 310 g/mol. The Labute approximate surface area is 132 Å². The number of hydrogen-bond donors (Lipinski definition) is 0. The average Bonchev–Trinajstić information content (AvgIpc) is 2.40. The van der Waals surface area contributed by atoms with Gasteiger partial charge in [0.15, 0.2) is 0 Å². The number of hydrogen-bond acceptors (Lipinski definition) is 2. The van der Waals surface area contributed by atoms with E-state index >= 15 is 0 Å². The summed E-state index contributed by atoms with van der Waals surface area (Å²) in [6.07, 6.45) is 2.80. The highest BCUT2D eigenvalue weighted by atomic mass is 35.5. The second kappa shape index (κ2) is 6.69. The summed E-state index contributed by atoms with van der Waals surface area (Å²) in [6, 6.07) is 8.00. The standard InChI is InChI=1S/C17H24ClNO2/c1-17(2,3)21-16(20)19-10-8-13(9-11-19)12-14-6-4-5-7-15(14)18/h4-7,13H,8-12H2,1-3H3. The molecule has 1 fully saturated rings. The maximum Gasteiger partial charge on any atom is 0.410 e. The molecule has 116 valence electrons. The van der Waals surface area contributed by atoms with Gasteiger partial charge in [-0.3, -0.25) is 0 Å². The molecule has 1 saturated heterocycles. The zero-order valence-corrected chi connectivity index (χ0v) is 13.8. The Kier molecular flexibility index (Phi) is 5.15. The van der Waals surface area contributed by atoms with Gasteiger partial charge in [0.2, 0.25) is 0 Å². The number of amides is 1. The number of nitrogens with zero attached hydrogens (tertiary/aromatic N) is 1. The van der Waals surface area contributed by atoms with Crippen LogP contribution in [0.4, 0.5) is 4.79 Å². The van der Waals surface area contributed by atoms with Gasteiger partial charge in [-0.15, -0.1) is 0 Å². The van der Waals surface area contributed by atoms with Crippen LogP contribution in [-0.4, -0.2) is 29.7 Å². The molecule has 1 aromatic carbocycles. The van der Waals surface area contributed by atoms with E-state index in [1.807, 2.05) is 43.9 Å². The van der Waals surface area contributed by atoms with Gasteiger partial charge in [-0.2, -0.15) is 0 Å². The molecule has 2 rings (SSSR count). The summed E-state index contributed by atoms with van der Waals surface area (Å²) >= 11 is 6.21. The zero-order valence-electron chi connectivity index (χ0n) is 13.1. The second-order valence-electron chi connectivity index (χ2n) is 6.71.